The van der Waals surface area contributed by atoms with Gasteiger partial charge in [-0.15, -0.1) is 0 Å². The summed E-state index contributed by atoms with van der Waals surface area (Å²) in [5.74, 6) is 1.26. The van der Waals surface area contributed by atoms with Gasteiger partial charge in [-0.3, -0.25) is 4.58 Å². The average Bonchev–Trinajstić information content (AvgIpc) is 2.80. The molecule has 2 aliphatic heterocycles. The maximum absolute atomic E-state index is 11.9. The molecule has 0 unspecified atom stereocenters. The van der Waals surface area contributed by atoms with E-state index in [2.05, 4.69) is 80.9 Å². The fourth-order valence-electron chi connectivity index (χ4n) is 4.20. The van der Waals surface area contributed by atoms with E-state index in [1.165, 1.54) is 30.7 Å². The molecular formula is C22H26BrN2O+. The predicted molar refractivity (Wildman–Crippen MR) is 110 cm³/mol. The SMILES string of the molecule is CCc1ccc([C@@]2(O)C[N+]3=C(CCCCC3)N2c2ccc(Br)cc2)cc1. The summed E-state index contributed by atoms with van der Waals surface area (Å²) in [4.78, 5) is 2.17. The highest BCUT2D eigenvalue weighted by atomic mass is 79.9. The van der Waals surface area contributed by atoms with Crippen molar-refractivity contribution in [3.8, 4) is 0 Å². The van der Waals surface area contributed by atoms with E-state index < -0.39 is 5.72 Å². The first-order valence-electron chi connectivity index (χ1n) is 9.60. The Morgan fingerprint density at radius 2 is 1.77 bits per heavy atom. The Hall–Kier alpha value is -1.65. The summed E-state index contributed by atoms with van der Waals surface area (Å²) in [6.07, 6.45) is 5.67. The van der Waals surface area contributed by atoms with Gasteiger partial charge in [-0.2, -0.15) is 4.90 Å². The van der Waals surface area contributed by atoms with Crippen molar-refractivity contribution in [2.75, 3.05) is 18.0 Å². The average molecular weight is 414 g/mol. The van der Waals surface area contributed by atoms with Crippen molar-refractivity contribution in [2.45, 2.75) is 44.8 Å². The van der Waals surface area contributed by atoms with E-state index in [4.69, 9.17) is 0 Å². The fourth-order valence-corrected chi connectivity index (χ4v) is 4.47. The van der Waals surface area contributed by atoms with Crippen molar-refractivity contribution in [2.24, 2.45) is 0 Å². The highest BCUT2D eigenvalue weighted by Crippen LogP contribution is 2.38. The molecule has 136 valence electrons. The molecule has 0 spiro atoms. The first kappa shape index (κ1) is 17.7. The van der Waals surface area contributed by atoms with Gasteiger partial charge >= 0.3 is 0 Å². The molecule has 0 aromatic heterocycles. The lowest BCUT2D eigenvalue weighted by Gasteiger charge is -2.29. The molecule has 4 heteroatoms. The minimum Gasteiger partial charge on any atom is -0.346 e. The summed E-state index contributed by atoms with van der Waals surface area (Å²) < 4.78 is 3.45. The third kappa shape index (κ3) is 3.10. The van der Waals surface area contributed by atoms with Gasteiger partial charge in [-0.1, -0.05) is 47.1 Å². The Balaban J connectivity index is 1.80. The van der Waals surface area contributed by atoms with Crippen LogP contribution >= 0.6 is 15.9 Å². The van der Waals surface area contributed by atoms with E-state index in [9.17, 15) is 5.11 Å². The molecule has 1 atom stereocenters. The van der Waals surface area contributed by atoms with Crippen LogP contribution in [0.4, 0.5) is 5.69 Å². The zero-order valence-electron chi connectivity index (χ0n) is 15.3. The summed E-state index contributed by atoms with van der Waals surface area (Å²) >= 11 is 3.53. The molecule has 0 bridgehead atoms. The number of aliphatic hydroxyl groups is 1. The van der Waals surface area contributed by atoms with Crippen LogP contribution in [0.1, 0.15) is 43.7 Å². The summed E-state index contributed by atoms with van der Waals surface area (Å²) in [6.45, 7) is 3.81. The monoisotopic (exact) mass is 413 g/mol. The summed E-state index contributed by atoms with van der Waals surface area (Å²) in [5.41, 5.74) is 2.30. The van der Waals surface area contributed by atoms with Crippen LogP contribution in [0.2, 0.25) is 0 Å². The first-order valence-corrected chi connectivity index (χ1v) is 10.4. The number of benzene rings is 2. The molecule has 2 aliphatic rings. The quantitative estimate of drug-likeness (QED) is 0.740. The smallest absolute Gasteiger partial charge is 0.275 e. The second-order valence-corrected chi connectivity index (χ2v) is 8.24. The fraction of sp³-hybridized carbons (Fsp3) is 0.409. The van der Waals surface area contributed by atoms with Gasteiger partial charge in [0.05, 0.1) is 6.54 Å². The second kappa shape index (κ2) is 7.16. The third-order valence-corrected chi connectivity index (χ3v) is 6.17. The largest absolute Gasteiger partial charge is 0.346 e. The van der Waals surface area contributed by atoms with Crippen molar-refractivity contribution < 1.29 is 9.68 Å². The van der Waals surface area contributed by atoms with Gasteiger partial charge in [-0.25, -0.2) is 0 Å². The lowest BCUT2D eigenvalue weighted by atomic mass is 9.98. The summed E-state index contributed by atoms with van der Waals surface area (Å²) in [5, 5.41) is 11.9. The van der Waals surface area contributed by atoms with E-state index in [1.807, 2.05) is 0 Å². The molecule has 3 nitrogen and oxygen atoms in total. The Kier molecular flexibility index (Phi) is 4.89. The van der Waals surface area contributed by atoms with Gasteiger partial charge in [0.25, 0.3) is 11.6 Å². The normalized spacial score (nSPS) is 23.1. The molecule has 1 N–H and O–H groups in total. The lowest BCUT2D eigenvalue weighted by molar-refractivity contribution is -0.534. The van der Waals surface area contributed by atoms with Crippen LogP contribution in [0.3, 0.4) is 0 Å². The third-order valence-electron chi connectivity index (χ3n) is 5.64. The number of amidine groups is 1. The Morgan fingerprint density at radius 1 is 1.04 bits per heavy atom. The minimum atomic E-state index is -1.02. The molecule has 2 aromatic carbocycles. The molecule has 0 radical (unpaired) electrons. The lowest BCUT2D eigenvalue weighted by Crippen LogP contribution is -2.47. The van der Waals surface area contributed by atoms with Crippen LogP contribution < -0.4 is 4.90 Å². The van der Waals surface area contributed by atoms with E-state index >= 15 is 0 Å². The molecule has 0 amide bonds. The van der Waals surface area contributed by atoms with E-state index in [1.54, 1.807) is 0 Å². The number of nitrogens with zero attached hydrogens (tertiary/aromatic N) is 2. The number of aryl methyl sites for hydroxylation is 1. The predicted octanol–water partition coefficient (Wildman–Crippen LogP) is 4.66. The number of halogens is 1. The van der Waals surface area contributed by atoms with Gasteiger partial charge in [0.2, 0.25) is 0 Å². The zero-order valence-corrected chi connectivity index (χ0v) is 16.9. The zero-order chi connectivity index (χ0) is 18.1. The molecule has 4 rings (SSSR count). The highest BCUT2D eigenvalue weighted by Gasteiger charge is 2.53. The van der Waals surface area contributed by atoms with Crippen molar-refractivity contribution in [3.05, 3.63) is 64.1 Å². The second-order valence-electron chi connectivity index (χ2n) is 7.33. The van der Waals surface area contributed by atoms with Crippen LogP contribution in [0, 0.1) is 0 Å². The van der Waals surface area contributed by atoms with Crippen LogP contribution in [-0.2, 0) is 12.1 Å². The van der Waals surface area contributed by atoms with Crippen molar-refractivity contribution in [1.29, 1.82) is 0 Å². The Labute approximate surface area is 164 Å². The van der Waals surface area contributed by atoms with Gasteiger partial charge < -0.3 is 5.11 Å². The molecule has 26 heavy (non-hydrogen) atoms. The van der Waals surface area contributed by atoms with Crippen LogP contribution in [-0.4, -0.2) is 28.6 Å². The van der Waals surface area contributed by atoms with Crippen LogP contribution in [0.5, 0.6) is 0 Å². The van der Waals surface area contributed by atoms with Gasteiger partial charge in [0.1, 0.15) is 5.69 Å². The summed E-state index contributed by atoms with van der Waals surface area (Å²) in [7, 11) is 0. The molecular weight excluding hydrogens is 388 g/mol. The topological polar surface area (TPSA) is 26.5 Å². The van der Waals surface area contributed by atoms with Crippen LogP contribution in [0.15, 0.2) is 53.0 Å². The summed E-state index contributed by atoms with van der Waals surface area (Å²) in [6, 6.07) is 16.8. The van der Waals surface area contributed by atoms with E-state index in [0.717, 1.165) is 35.1 Å². The number of rotatable bonds is 3. The molecule has 0 saturated carbocycles. The van der Waals surface area contributed by atoms with Crippen LogP contribution in [0.25, 0.3) is 0 Å². The maximum Gasteiger partial charge on any atom is 0.275 e. The Bertz CT molecular complexity index is 813. The molecule has 2 aromatic rings. The standard InChI is InChI=1S/C22H26BrN2O/c1-2-17-7-9-18(10-8-17)22(26)16-24-15-5-3-4-6-21(24)25(22)20-13-11-19(23)12-14-20/h7-14,26H,2-6,15-16H2,1H3/q+1/t22-/m0/s1. The molecule has 0 saturated heterocycles. The molecule has 2 heterocycles. The number of hydrogen-bond acceptors (Lipinski definition) is 2. The number of anilines is 1. The molecule has 0 aliphatic carbocycles. The van der Waals surface area contributed by atoms with E-state index in [0.29, 0.717) is 6.54 Å². The Morgan fingerprint density at radius 3 is 2.46 bits per heavy atom. The van der Waals surface area contributed by atoms with Crippen molar-refractivity contribution in [3.63, 3.8) is 0 Å². The van der Waals surface area contributed by atoms with Gasteiger partial charge in [0, 0.05) is 16.5 Å². The van der Waals surface area contributed by atoms with Crippen molar-refractivity contribution in [1.82, 2.24) is 0 Å². The van der Waals surface area contributed by atoms with Gasteiger partial charge in [-0.05, 0) is 55.5 Å². The first-order chi connectivity index (χ1) is 12.6. The van der Waals surface area contributed by atoms with E-state index in [-0.39, 0.29) is 0 Å². The minimum absolute atomic E-state index is 0.629. The van der Waals surface area contributed by atoms with Gasteiger partial charge in [0.15, 0.2) is 6.54 Å². The highest BCUT2D eigenvalue weighted by molar-refractivity contribution is 9.10. The molecule has 0 fully saturated rings. The van der Waals surface area contributed by atoms with Crippen molar-refractivity contribution >= 4 is 27.5 Å². The maximum atomic E-state index is 11.9. The number of hydrogen-bond donors (Lipinski definition) is 1.